The van der Waals surface area contributed by atoms with Gasteiger partial charge in [0.25, 0.3) is 5.65 Å². The number of H-pyrrole nitrogens is 1. The lowest BCUT2D eigenvalue weighted by molar-refractivity contribution is -0.683. The molecule has 108 valence electrons. The molecule has 21 heavy (non-hydrogen) atoms. The summed E-state index contributed by atoms with van der Waals surface area (Å²) in [6, 6.07) is 10.3. The lowest BCUT2D eigenvalue weighted by atomic mass is 10.2. The molecule has 5 nitrogen and oxygen atoms in total. The Kier molecular flexibility index (Phi) is 3.81. The summed E-state index contributed by atoms with van der Waals surface area (Å²) in [5.74, 6) is 1.70. The van der Waals surface area contributed by atoms with Crippen molar-refractivity contribution in [3.63, 3.8) is 0 Å². The lowest BCUT2D eigenvalue weighted by Crippen LogP contribution is -2.43. The molecule has 0 spiro atoms. The first-order valence-corrected chi connectivity index (χ1v) is 7.34. The fourth-order valence-corrected chi connectivity index (χ4v) is 2.49. The van der Waals surface area contributed by atoms with Crippen molar-refractivity contribution in [3.8, 4) is 0 Å². The van der Waals surface area contributed by atoms with E-state index in [-0.39, 0.29) is 0 Å². The molecule has 0 amide bonds. The van der Waals surface area contributed by atoms with E-state index in [4.69, 9.17) is 5.73 Å². The third-order valence-corrected chi connectivity index (χ3v) is 3.65. The molecule has 3 aromatic rings. The summed E-state index contributed by atoms with van der Waals surface area (Å²) in [5, 5.41) is 0. The van der Waals surface area contributed by atoms with Crippen LogP contribution in [0.25, 0.3) is 11.2 Å². The second-order valence-electron chi connectivity index (χ2n) is 5.19. The van der Waals surface area contributed by atoms with Gasteiger partial charge in [-0.15, -0.1) is 0 Å². The number of benzene rings is 1. The maximum atomic E-state index is 6.34. The average molecular weight is 282 g/mol. The maximum Gasteiger partial charge on any atom is 0.260 e. The van der Waals surface area contributed by atoms with Crippen LogP contribution in [-0.2, 0) is 13.0 Å². The third kappa shape index (κ3) is 2.72. The number of aromatic amines is 1. The number of fused-ring (bicyclic) bond motifs is 1. The highest BCUT2D eigenvalue weighted by molar-refractivity contribution is 5.78. The molecule has 0 atom stereocenters. The van der Waals surface area contributed by atoms with E-state index in [2.05, 4.69) is 38.6 Å². The van der Waals surface area contributed by atoms with E-state index in [9.17, 15) is 0 Å². The first-order chi connectivity index (χ1) is 10.3. The van der Waals surface area contributed by atoms with Gasteiger partial charge in [-0.05, 0) is 12.0 Å². The molecular weight excluding hydrogens is 262 g/mol. The highest BCUT2D eigenvalue weighted by Gasteiger charge is 2.20. The van der Waals surface area contributed by atoms with Gasteiger partial charge in [-0.1, -0.05) is 48.7 Å². The Balaban J connectivity index is 2.06. The first kappa shape index (κ1) is 13.5. The largest absolute Gasteiger partial charge is 0.336 e. The zero-order valence-corrected chi connectivity index (χ0v) is 12.2. The molecule has 1 aromatic carbocycles. The monoisotopic (exact) mass is 282 g/mol. The summed E-state index contributed by atoms with van der Waals surface area (Å²) in [4.78, 5) is 12.0. The van der Waals surface area contributed by atoms with Gasteiger partial charge in [0.05, 0.1) is 12.9 Å². The van der Waals surface area contributed by atoms with Crippen molar-refractivity contribution in [1.82, 2.24) is 15.0 Å². The van der Waals surface area contributed by atoms with Crippen molar-refractivity contribution in [3.05, 3.63) is 48.0 Å². The fraction of sp³-hybridized carbons (Fsp3) is 0.312. The number of unbranched alkanes of at least 4 members (excludes halogenated alkanes) is 1. The SMILES string of the molecule is CCCCc1nc2nc[nH]c2c(N)[n+]1Cc1ccccc1. The highest BCUT2D eigenvalue weighted by atomic mass is 15.1. The van der Waals surface area contributed by atoms with Gasteiger partial charge < -0.3 is 10.7 Å². The molecule has 0 unspecified atom stereocenters. The summed E-state index contributed by atoms with van der Waals surface area (Å²) in [5.41, 5.74) is 9.06. The number of anilines is 1. The van der Waals surface area contributed by atoms with Crippen LogP contribution in [0.1, 0.15) is 31.2 Å². The number of hydrogen-bond acceptors (Lipinski definition) is 3. The van der Waals surface area contributed by atoms with E-state index in [0.29, 0.717) is 11.5 Å². The van der Waals surface area contributed by atoms with Crippen LogP contribution in [0, 0.1) is 0 Å². The highest BCUT2D eigenvalue weighted by Crippen LogP contribution is 2.14. The standard InChI is InChI=1S/C16H19N5/c1-2-3-9-13-20-16-14(18-11-19-16)15(17)21(13)10-12-7-5-4-6-8-12/h4-8,11H,2-3,9-10H2,1H3,(H2,17,18,19)/p+1. The van der Waals surface area contributed by atoms with Crippen molar-refractivity contribution in [2.24, 2.45) is 0 Å². The number of nitrogens with two attached hydrogens (primary N) is 1. The minimum Gasteiger partial charge on any atom is -0.336 e. The van der Waals surface area contributed by atoms with Gasteiger partial charge in [0.1, 0.15) is 0 Å². The Morgan fingerprint density at radius 1 is 1.24 bits per heavy atom. The Hall–Kier alpha value is -2.43. The lowest BCUT2D eigenvalue weighted by Gasteiger charge is -2.09. The Morgan fingerprint density at radius 3 is 2.81 bits per heavy atom. The summed E-state index contributed by atoms with van der Waals surface area (Å²) in [7, 11) is 0. The smallest absolute Gasteiger partial charge is 0.260 e. The van der Waals surface area contributed by atoms with Crippen LogP contribution in [0.4, 0.5) is 5.82 Å². The predicted octanol–water partition coefficient (Wildman–Crippen LogP) is 2.22. The molecule has 0 fully saturated rings. The normalized spacial score (nSPS) is 11.1. The number of aryl methyl sites for hydroxylation is 1. The Bertz CT molecular complexity index is 733. The molecular formula is C16H20N5+. The van der Waals surface area contributed by atoms with Crippen molar-refractivity contribution in [2.45, 2.75) is 32.7 Å². The summed E-state index contributed by atoms with van der Waals surface area (Å²) in [6.45, 7) is 2.91. The van der Waals surface area contributed by atoms with Crippen LogP contribution in [0.15, 0.2) is 36.7 Å². The summed E-state index contributed by atoms with van der Waals surface area (Å²) in [6.07, 6.45) is 4.78. The maximum absolute atomic E-state index is 6.34. The molecule has 5 heteroatoms. The zero-order valence-electron chi connectivity index (χ0n) is 12.2. The molecule has 0 aliphatic carbocycles. The number of imidazole rings is 1. The van der Waals surface area contributed by atoms with E-state index in [1.807, 2.05) is 18.2 Å². The number of nitrogen functional groups attached to an aromatic ring is 1. The van der Waals surface area contributed by atoms with Gasteiger partial charge >= 0.3 is 0 Å². The van der Waals surface area contributed by atoms with Crippen LogP contribution in [-0.4, -0.2) is 15.0 Å². The van der Waals surface area contributed by atoms with Crippen LogP contribution in [0.2, 0.25) is 0 Å². The number of hydrogen-bond donors (Lipinski definition) is 2. The van der Waals surface area contributed by atoms with E-state index < -0.39 is 0 Å². The molecule has 2 heterocycles. The number of nitrogens with one attached hydrogen (secondary N) is 1. The van der Waals surface area contributed by atoms with E-state index in [0.717, 1.165) is 37.1 Å². The molecule has 0 aliphatic heterocycles. The molecule has 3 rings (SSSR count). The molecule has 0 saturated carbocycles. The van der Waals surface area contributed by atoms with Gasteiger partial charge in [-0.25, -0.2) is 9.55 Å². The van der Waals surface area contributed by atoms with Crippen LogP contribution < -0.4 is 10.3 Å². The van der Waals surface area contributed by atoms with Crippen molar-refractivity contribution < 1.29 is 4.57 Å². The van der Waals surface area contributed by atoms with Gasteiger partial charge in [0, 0.05) is 6.42 Å². The molecule has 0 aliphatic rings. The molecule has 0 radical (unpaired) electrons. The van der Waals surface area contributed by atoms with Crippen LogP contribution in [0.3, 0.4) is 0 Å². The summed E-state index contributed by atoms with van der Waals surface area (Å²) < 4.78 is 2.09. The van der Waals surface area contributed by atoms with Gasteiger partial charge in [0.2, 0.25) is 11.6 Å². The van der Waals surface area contributed by atoms with Crippen molar-refractivity contribution >= 4 is 17.0 Å². The first-order valence-electron chi connectivity index (χ1n) is 7.34. The molecule has 0 saturated heterocycles. The second kappa shape index (κ2) is 5.91. The quantitative estimate of drug-likeness (QED) is 0.705. The molecule has 0 bridgehead atoms. The fourth-order valence-electron chi connectivity index (χ4n) is 2.49. The Labute approximate surface area is 123 Å². The minimum absolute atomic E-state index is 0.697. The summed E-state index contributed by atoms with van der Waals surface area (Å²) >= 11 is 0. The van der Waals surface area contributed by atoms with E-state index >= 15 is 0 Å². The Morgan fingerprint density at radius 2 is 2.05 bits per heavy atom. The minimum atomic E-state index is 0.697. The second-order valence-corrected chi connectivity index (χ2v) is 5.19. The number of aromatic nitrogens is 4. The van der Waals surface area contributed by atoms with E-state index in [1.54, 1.807) is 6.33 Å². The molecule has 3 N–H and O–H groups in total. The third-order valence-electron chi connectivity index (χ3n) is 3.65. The van der Waals surface area contributed by atoms with Gasteiger partial charge in [0.15, 0.2) is 5.52 Å². The number of rotatable bonds is 5. The van der Waals surface area contributed by atoms with Crippen LogP contribution >= 0.6 is 0 Å². The van der Waals surface area contributed by atoms with Crippen molar-refractivity contribution in [1.29, 1.82) is 0 Å². The van der Waals surface area contributed by atoms with Gasteiger partial charge in [-0.2, -0.15) is 0 Å². The zero-order chi connectivity index (χ0) is 14.7. The predicted molar refractivity (Wildman–Crippen MR) is 82.7 cm³/mol. The van der Waals surface area contributed by atoms with E-state index in [1.165, 1.54) is 5.56 Å². The van der Waals surface area contributed by atoms with Crippen molar-refractivity contribution in [2.75, 3.05) is 5.73 Å². The van der Waals surface area contributed by atoms with Crippen LogP contribution in [0.5, 0.6) is 0 Å². The number of nitrogens with zero attached hydrogens (tertiary/aromatic N) is 3. The molecule has 2 aromatic heterocycles. The topological polar surface area (TPSA) is 71.5 Å². The van der Waals surface area contributed by atoms with Gasteiger partial charge in [-0.3, -0.25) is 0 Å². The average Bonchev–Trinajstić information content (AvgIpc) is 2.98.